The summed E-state index contributed by atoms with van der Waals surface area (Å²) in [6.07, 6.45) is 0. The molecule has 0 aliphatic carbocycles. The summed E-state index contributed by atoms with van der Waals surface area (Å²) in [5, 5.41) is 0. The van der Waals surface area contributed by atoms with Gasteiger partial charge in [0, 0.05) is 5.56 Å². The molecule has 0 N–H and O–H groups in total. The Morgan fingerprint density at radius 2 is 1.19 bits per heavy atom. The molecule has 0 saturated heterocycles. The normalized spacial score (nSPS) is 11.5. The molecule has 0 radical (unpaired) electrons. The van der Waals surface area contributed by atoms with Crippen molar-refractivity contribution in [2.75, 3.05) is 0 Å². The van der Waals surface area contributed by atoms with Crippen molar-refractivity contribution in [1.29, 1.82) is 0 Å². The van der Waals surface area contributed by atoms with E-state index in [0.29, 0.717) is 11.8 Å². The quantitative estimate of drug-likeness (QED) is 0.284. The minimum Gasteiger partial charge on any atom is -0.286 e. The maximum absolute atomic E-state index is 4.95. The molecule has 4 rings (SSSR count). The Kier molecular flexibility index (Phi) is 6.15. The van der Waals surface area contributed by atoms with E-state index in [9.17, 15) is 0 Å². The summed E-state index contributed by atoms with van der Waals surface area (Å²) < 4.78 is 3.33. The van der Waals surface area contributed by atoms with Crippen LogP contribution in [0.5, 0.6) is 0 Å². The molecule has 4 aromatic rings. The predicted octanol–water partition coefficient (Wildman–Crippen LogP) is 8.52. The average molecular weight is 473 g/mol. The van der Waals surface area contributed by atoms with Gasteiger partial charge in [-0.15, -0.1) is 0 Å². The first-order valence-corrected chi connectivity index (χ1v) is 11.7. The molecule has 3 heteroatoms. The highest BCUT2D eigenvalue weighted by molar-refractivity contribution is 9.10. The molecule has 0 spiro atoms. The third-order valence-electron chi connectivity index (χ3n) is 5.76. The largest absolute Gasteiger partial charge is 0.286 e. The SMILES string of the molecule is Cc1nc(-c2ccccc2)n(-c2c(C(C)C)cc(-c3ccccc3)cc2C(C)C)c1Br. The Bertz CT molecular complexity index is 1160. The van der Waals surface area contributed by atoms with E-state index in [0.717, 1.165) is 21.7 Å². The molecule has 0 bridgehead atoms. The minimum atomic E-state index is 0.370. The van der Waals surface area contributed by atoms with Gasteiger partial charge in [0.2, 0.25) is 0 Å². The molecule has 0 amide bonds. The van der Waals surface area contributed by atoms with Crippen molar-refractivity contribution in [3.8, 4) is 28.2 Å². The van der Waals surface area contributed by atoms with Gasteiger partial charge in [-0.25, -0.2) is 4.98 Å². The molecule has 0 saturated carbocycles. The second kappa shape index (κ2) is 8.84. The van der Waals surface area contributed by atoms with E-state index in [2.05, 4.69) is 122 Å². The van der Waals surface area contributed by atoms with E-state index in [-0.39, 0.29) is 0 Å². The summed E-state index contributed by atoms with van der Waals surface area (Å²) in [6.45, 7) is 11.2. The fourth-order valence-electron chi connectivity index (χ4n) is 4.11. The van der Waals surface area contributed by atoms with Gasteiger partial charge in [0.15, 0.2) is 0 Å². The van der Waals surface area contributed by atoms with Crippen molar-refractivity contribution in [3.63, 3.8) is 0 Å². The molecular formula is C28H29BrN2. The van der Waals surface area contributed by atoms with Crippen LogP contribution in [-0.4, -0.2) is 9.55 Å². The molecule has 3 aromatic carbocycles. The first-order valence-electron chi connectivity index (χ1n) is 10.9. The maximum Gasteiger partial charge on any atom is 0.145 e. The number of rotatable bonds is 5. The number of nitrogens with zero attached hydrogens (tertiary/aromatic N) is 2. The van der Waals surface area contributed by atoms with Crippen LogP contribution in [-0.2, 0) is 0 Å². The highest BCUT2D eigenvalue weighted by Crippen LogP contribution is 2.40. The fraction of sp³-hybridized carbons (Fsp3) is 0.250. The molecule has 31 heavy (non-hydrogen) atoms. The number of benzene rings is 3. The van der Waals surface area contributed by atoms with Crippen LogP contribution in [0.3, 0.4) is 0 Å². The molecule has 0 fully saturated rings. The number of imidazole rings is 1. The fourth-order valence-corrected chi connectivity index (χ4v) is 4.54. The van der Waals surface area contributed by atoms with Crippen molar-refractivity contribution in [2.24, 2.45) is 0 Å². The lowest BCUT2D eigenvalue weighted by atomic mass is 9.88. The van der Waals surface area contributed by atoms with Crippen molar-refractivity contribution < 1.29 is 0 Å². The lowest BCUT2D eigenvalue weighted by Crippen LogP contribution is -2.09. The molecule has 158 valence electrons. The van der Waals surface area contributed by atoms with E-state index in [1.807, 2.05) is 6.07 Å². The Morgan fingerprint density at radius 1 is 0.710 bits per heavy atom. The predicted molar refractivity (Wildman–Crippen MR) is 135 cm³/mol. The summed E-state index contributed by atoms with van der Waals surface area (Å²) in [6, 6.07) is 25.8. The van der Waals surface area contributed by atoms with E-state index < -0.39 is 0 Å². The van der Waals surface area contributed by atoms with Gasteiger partial charge in [0.05, 0.1) is 11.4 Å². The number of aromatic nitrogens is 2. The topological polar surface area (TPSA) is 17.8 Å². The van der Waals surface area contributed by atoms with Gasteiger partial charge in [-0.1, -0.05) is 88.4 Å². The van der Waals surface area contributed by atoms with Gasteiger partial charge < -0.3 is 0 Å². The van der Waals surface area contributed by atoms with Gasteiger partial charge >= 0.3 is 0 Å². The number of aryl methyl sites for hydroxylation is 1. The van der Waals surface area contributed by atoms with Gasteiger partial charge in [-0.05, 0) is 69.1 Å². The molecule has 0 aliphatic heterocycles. The summed E-state index contributed by atoms with van der Waals surface area (Å²) in [5.41, 5.74) is 8.55. The monoisotopic (exact) mass is 472 g/mol. The van der Waals surface area contributed by atoms with Crippen molar-refractivity contribution in [1.82, 2.24) is 9.55 Å². The summed E-state index contributed by atoms with van der Waals surface area (Å²) in [4.78, 5) is 4.95. The van der Waals surface area contributed by atoms with Crippen LogP contribution in [0.1, 0.15) is 56.4 Å². The third kappa shape index (κ3) is 4.12. The smallest absolute Gasteiger partial charge is 0.145 e. The lowest BCUT2D eigenvalue weighted by Gasteiger charge is -2.24. The van der Waals surface area contributed by atoms with E-state index in [1.165, 1.54) is 27.9 Å². The Morgan fingerprint density at radius 3 is 1.68 bits per heavy atom. The van der Waals surface area contributed by atoms with E-state index >= 15 is 0 Å². The Balaban J connectivity index is 2.06. The maximum atomic E-state index is 4.95. The minimum absolute atomic E-state index is 0.370. The molecule has 1 heterocycles. The van der Waals surface area contributed by atoms with Crippen LogP contribution in [0.2, 0.25) is 0 Å². The van der Waals surface area contributed by atoms with Crippen LogP contribution in [0.15, 0.2) is 77.4 Å². The van der Waals surface area contributed by atoms with Gasteiger partial charge in [-0.3, -0.25) is 4.57 Å². The molecule has 0 unspecified atom stereocenters. The summed E-state index contributed by atoms with van der Waals surface area (Å²) in [7, 11) is 0. The first kappa shape index (κ1) is 21.6. The third-order valence-corrected chi connectivity index (χ3v) is 6.68. The summed E-state index contributed by atoms with van der Waals surface area (Å²) >= 11 is 3.87. The van der Waals surface area contributed by atoms with Crippen molar-refractivity contribution in [3.05, 3.63) is 94.2 Å². The molecule has 2 nitrogen and oxygen atoms in total. The molecule has 1 aromatic heterocycles. The highest BCUT2D eigenvalue weighted by atomic mass is 79.9. The number of hydrogen-bond acceptors (Lipinski definition) is 1. The Labute approximate surface area is 194 Å². The highest BCUT2D eigenvalue weighted by Gasteiger charge is 2.24. The number of halogens is 1. The van der Waals surface area contributed by atoms with Crippen molar-refractivity contribution >= 4 is 15.9 Å². The standard InChI is InChI=1S/C28H29BrN2/c1-18(2)24-16-23(21-12-8-6-9-13-21)17-25(19(3)4)26(24)31-27(29)20(5)30-28(31)22-14-10-7-11-15-22/h6-19H,1-5H3. The zero-order valence-electron chi connectivity index (χ0n) is 18.9. The number of hydrogen-bond donors (Lipinski definition) is 0. The van der Waals surface area contributed by atoms with Crippen LogP contribution >= 0.6 is 15.9 Å². The summed E-state index contributed by atoms with van der Waals surface area (Å²) in [5.74, 6) is 1.71. The van der Waals surface area contributed by atoms with Gasteiger partial charge in [0.1, 0.15) is 10.4 Å². The molecule has 0 aliphatic rings. The molecule has 0 atom stereocenters. The van der Waals surface area contributed by atoms with E-state index in [4.69, 9.17) is 4.98 Å². The second-order valence-electron chi connectivity index (χ2n) is 8.69. The van der Waals surface area contributed by atoms with Crippen LogP contribution in [0, 0.1) is 6.92 Å². The Hall–Kier alpha value is -2.65. The molecular weight excluding hydrogens is 444 g/mol. The van der Waals surface area contributed by atoms with Crippen molar-refractivity contribution in [2.45, 2.75) is 46.5 Å². The lowest BCUT2D eigenvalue weighted by molar-refractivity contribution is 0.804. The zero-order valence-corrected chi connectivity index (χ0v) is 20.4. The second-order valence-corrected chi connectivity index (χ2v) is 9.44. The van der Waals surface area contributed by atoms with Crippen LogP contribution in [0.4, 0.5) is 0 Å². The van der Waals surface area contributed by atoms with Crippen LogP contribution < -0.4 is 0 Å². The zero-order chi connectivity index (χ0) is 22.1. The van der Waals surface area contributed by atoms with Gasteiger partial charge in [-0.2, -0.15) is 0 Å². The van der Waals surface area contributed by atoms with Gasteiger partial charge in [0.25, 0.3) is 0 Å². The average Bonchev–Trinajstić information content (AvgIpc) is 3.08. The van der Waals surface area contributed by atoms with Crippen LogP contribution in [0.25, 0.3) is 28.2 Å². The first-order chi connectivity index (χ1) is 14.9. The van der Waals surface area contributed by atoms with E-state index in [1.54, 1.807) is 0 Å².